The Kier molecular flexibility index (Phi) is 3.75. The van der Waals surface area contributed by atoms with Crippen LogP contribution in [0.15, 0.2) is 103 Å². The topological polar surface area (TPSA) is 25.8 Å². The summed E-state index contributed by atoms with van der Waals surface area (Å²) in [6, 6.07) is 18.8. The number of hydrogen-bond donors (Lipinski definition) is 0. The van der Waals surface area contributed by atoms with Crippen molar-refractivity contribution in [3.05, 3.63) is 109 Å². The molecule has 2 nitrogen and oxygen atoms in total. The highest BCUT2D eigenvalue weighted by Gasteiger charge is 2.12. The van der Waals surface area contributed by atoms with E-state index in [2.05, 4.69) is 70.3 Å². The summed E-state index contributed by atoms with van der Waals surface area (Å²) in [4.78, 5) is 9.35. The average molecular weight is 344 g/mol. The fourth-order valence-corrected chi connectivity index (χ4v) is 3.57. The molecule has 2 heteroatoms. The van der Waals surface area contributed by atoms with E-state index in [1.165, 1.54) is 11.1 Å². The van der Waals surface area contributed by atoms with Crippen LogP contribution in [0.4, 0.5) is 0 Å². The molecular formula is C25H16N2. The van der Waals surface area contributed by atoms with Gasteiger partial charge in [-0.15, -0.1) is 5.73 Å². The average Bonchev–Trinajstić information content (AvgIpc) is 3.03. The summed E-state index contributed by atoms with van der Waals surface area (Å²) in [6.07, 6.45) is 13.8. The number of aromatic nitrogens is 2. The van der Waals surface area contributed by atoms with E-state index in [1.54, 1.807) is 0 Å². The van der Waals surface area contributed by atoms with Gasteiger partial charge in [-0.1, -0.05) is 60.7 Å². The fraction of sp³-hybridized carbons (Fsp3) is 0. The van der Waals surface area contributed by atoms with E-state index in [0.717, 1.165) is 32.9 Å². The first-order chi connectivity index (χ1) is 13.4. The largest absolute Gasteiger partial charge is 0.254 e. The van der Waals surface area contributed by atoms with Crippen LogP contribution in [0.5, 0.6) is 0 Å². The number of rotatable bonds is 2. The molecule has 2 heterocycles. The van der Waals surface area contributed by atoms with E-state index in [0.29, 0.717) is 0 Å². The van der Waals surface area contributed by atoms with Crippen LogP contribution in [0.2, 0.25) is 0 Å². The molecule has 0 bridgehead atoms. The lowest BCUT2D eigenvalue weighted by Crippen LogP contribution is -1.91. The highest BCUT2D eigenvalue weighted by atomic mass is 14.7. The molecule has 0 unspecified atom stereocenters. The van der Waals surface area contributed by atoms with Crippen LogP contribution in [0.25, 0.3) is 38.5 Å². The number of fused-ring (bicyclic) bond motifs is 3. The second kappa shape index (κ2) is 6.53. The first-order valence-corrected chi connectivity index (χ1v) is 8.93. The SMILES string of the molecule is C1=CC=CC=C(c2ccnc3c2ccc2c(-c4ccccc4)ccnc23)C=1. The standard InChI is InChI=1S/C25H16N2/c1-2-5-9-18(8-4-1)20-14-16-26-24-22(20)12-13-23-21(15-17-27-25(23)24)19-10-6-3-7-11-19/h1-4,6-17H. The van der Waals surface area contributed by atoms with Gasteiger partial charge in [0, 0.05) is 23.2 Å². The lowest BCUT2D eigenvalue weighted by Gasteiger charge is -2.11. The van der Waals surface area contributed by atoms with Gasteiger partial charge < -0.3 is 0 Å². The number of hydrogen-bond acceptors (Lipinski definition) is 2. The van der Waals surface area contributed by atoms with E-state index in [1.807, 2.05) is 42.8 Å². The summed E-state index contributed by atoms with van der Waals surface area (Å²) in [7, 11) is 0. The van der Waals surface area contributed by atoms with Crippen LogP contribution in [0, 0.1) is 0 Å². The van der Waals surface area contributed by atoms with E-state index < -0.39 is 0 Å². The maximum absolute atomic E-state index is 4.67. The third kappa shape index (κ3) is 2.69. The Balaban J connectivity index is 1.80. The first kappa shape index (κ1) is 15.5. The molecule has 2 aromatic carbocycles. The smallest absolute Gasteiger partial charge is 0.0970 e. The van der Waals surface area contributed by atoms with Crippen LogP contribution in [0.3, 0.4) is 0 Å². The molecule has 0 spiro atoms. The lowest BCUT2D eigenvalue weighted by molar-refractivity contribution is 1.37. The zero-order chi connectivity index (χ0) is 18.1. The Morgan fingerprint density at radius 3 is 2.15 bits per heavy atom. The summed E-state index contributed by atoms with van der Waals surface area (Å²) in [5.74, 6) is 0. The first-order valence-electron chi connectivity index (χ1n) is 8.93. The molecule has 0 saturated heterocycles. The van der Waals surface area contributed by atoms with Crippen molar-refractivity contribution in [2.24, 2.45) is 0 Å². The quantitative estimate of drug-likeness (QED) is 0.324. The highest BCUT2D eigenvalue weighted by Crippen LogP contribution is 2.33. The zero-order valence-electron chi connectivity index (χ0n) is 14.6. The van der Waals surface area contributed by atoms with Crippen LogP contribution < -0.4 is 0 Å². The van der Waals surface area contributed by atoms with Crippen molar-refractivity contribution < 1.29 is 0 Å². The van der Waals surface area contributed by atoms with Gasteiger partial charge in [-0.3, -0.25) is 9.97 Å². The summed E-state index contributed by atoms with van der Waals surface area (Å²) in [6.45, 7) is 0. The molecule has 2 aromatic heterocycles. The van der Waals surface area contributed by atoms with Gasteiger partial charge in [0.05, 0.1) is 11.0 Å². The van der Waals surface area contributed by atoms with Gasteiger partial charge in [0.15, 0.2) is 0 Å². The van der Waals surface area contributed by atoms with Crippen LogP contribution in [-0.2, 0) is 0 Å². The number of allylic oxidation sites excluding steroid dienone is 5. The molecule has 0 radical (unpaired) electrons. The normalized spacial score (nSPS) is 13.1. The fourth-order valence-electron chi connectivity index (χ4n) is 3.57. The van der Waals surface area contributed by atoms with Crippen molar-refractivity contribution in [1.29, 1.82) is 0 Å². The molecular weight excluding hydrogens is 328 g/mol. The Hall–Kier alpha value is -3.74. The number of benzene rings is 2. The monoisotopic (exact) mass is 344 g/mol. The summed E-state index contributed by atoms with van der Waals surface area (Å²) >= 11 is 0. The van der Waals surface area contributed by atoms with Gasteiger partial charge in [-0.05, 0) is 46.5 Å². The van der Waals surface area contributed by atoms with Gasteiger partial charge in [0.25, 0.3) is 0 Å². The van der Waals surface area contributed by atoms with Crippen molar-refractivity contribution in [2.45, 2.75) is 0 Å². The zero-order valence-corrected chi connectivity index (χ0v) is 14.6. The molecule has 5 rings (SSSR count). The predicted molar refractivity (Wildman–Crippen MR) is 112 cm³/mol. The summed E-state index contributed by atoms with van der Waals surface area (Å²) < 4.78 is 0. The van der Waals surface area contributed by atoms with E-state index in [4.69, 9.17) is 0 Å². The van der Waals surface area contributed by atoms with E-state index in [9.17, 15) is 0 Å². The number of nitrogens with zero attached hydrogens (tertiary/aromatic N) is 2. The molecule has 0 aliphatic heterocycles. The minimum atomic E-state index is 0.925. The van der Waals surface area contributed by atoms with Gasteiger partial charge in [-0.2, -0.15) is 0 Å². The third-order valence-electron chi connectivity index (χ3n) is 4.84. The van der Waals surface area contributed by atoms with Gasteiger partial charge in [-0.25, -0.2) is 0 Å². The molecule has 27 heavy (non-hydrogen) atoms. The third-order valence-corrected chi connectivity index (χ3v) is 4.84. The maximum atomic E-state index is 4.67. The Bertz CT molecular complexity index is 1290. The Labute approximate surface area is 157 Å². The lowest BCUT2D eigenvalue weighted by atomic mass is 9.96. The second-order valence-electron chi connectivity index (χ2n) is 6.43. The molecule has 4 aromatic rings. The van der Waals surface area contributed by atoms with Gasteiger partial charge in [0.1, 0.15) is 0 Å². The van der Waals surface area contributed by atoms with Crippen LogP contribution in [-0.4, -0.2) is 9.97 Å². The molecule has 0 fully saturated rings. The van der Waals surface area contributed by atoms with E-state index in [-0.39, 0.29) is 0 Å². The molecule has 0 atom stereocenters. The minimum Gasteiger partial charge on any atom is -0.254 e. The van der Waals surface area contributed by atoms with Crippen molar-refractivity contribution in [2.75, 3.05) is 0 Å². The molecule has 0 N–H and O–H groups in total. The van der Waals surface area contributed by atoms with Crippen molar-refractivity contribution >= 4 is 27.4 Å². The highest BCUT2D eigenvalue weighted by molar-refractivity contribution is 6.10. The van der Waals surface area contributed by atoms with Crippen molar-refractivity contribution in [3.63, 3.8) is 0 Å². The van der Waals surface area contributed by atoms with Gasteiger partial charge in [0.2, 0.25) is 0 Å². The Morgan fingerprint density at radius 1 is 0.667 bits per heavy atom. The summed E-state index contributed by atoms with van der Waals surface area (Å²) in [5.41, 5.74) is 9.66. The molecule has 0 amide bonds. The van der Waals surface area contributed by atoms with Gasteiger partial charge >= 0.3 is 0 Å². The minimum absolute atomic E-state index is 0.925. The van der Waals surface area contributed by atoms with Crippen LogP contribution >= 0.6 is 0 Å². The second-order valence-corrected chi connectivity index (χ2v) is 6.43. The van der Waals surface area contributed by atoms with Crippen molar-refractivity contribution in [3.8, 4) is 11.1 Å². The maximum Gasteiger partial charge on any atom is 0.0970 e. The molecule has 1 aliphatic carbocycles. The Morgan fingerprint density at radius 2 is 1.37 bits per heavy atom. The van der Waals surface area contributed by atoms with Crippen molar-refractivity contribution in [1.82, 2.24) is 9.97 Å². The number of pyridine rings is 2. The predicted octanol–water partition coefficient (Wildman–Crippen LogP) is 6.11. The molecule has 0 saturated carbocycles. The summed E-state index contributed by atoms with van der Waals surface area (Å²) in [5, 5.41) is 2.22. The van der Waals surface area contributed by atoms with Crippen LogP contribution in [0.1, 0.15) is 5.56 Å². The molecule has 126 valence electrons. The molecule has 1 aliphatic rings. The van der Waals surface area contributed by atoms with E-state index >= 15 is 0 Å².